The van der Waals surface area contributed by atoms with E-state index >= 15 is 0 Å². The Kier molecular flexibility index (Phi) is 7.04. The molecule has 2 amide bonds. The molecule has 5 nitrogen and oxygen atoms in total. The fourth-order valence-electron chi connectivity index (χ4n) is 3.02. The first kappa shape index (κ1) is 22.2. The number of thioether (sulfide) groups is 1. The lowest BCUT2D eigenvalue weighted by Gasteiger charge is -2.17. The number of anilines is 2. The number of hydrogen-bond acceptors (Lipinski definition) is 4. The summed E-state index contributed by atoms with van der Waals surface area (Å²) in [5.41, 5.74) is -0.400. The molecule has 1 unspecified atom stereocenters. The predicted octanol–water partition coefficient (Wildman–Crippen LogP) is 4.86. The van der Waals surface area contributed by atoms with Crippen LogP contribution in [0.1, 0.15) is 24.0 Å². The molecule has 2 aromatic carbocycles. The van der Waals surface area contributed by atoms with Gasteiger partial charge in [-0.15, -0.1) is 11.8 Å². The second-order valence-corrected chi connectivity index (χ2v) is 7.87. The second-order valence-electron chi connectivity index (χ2n) is 6.85. The highest BCUT2D eigenvalue weighted by molar-refractivity contribution is 8.00. The van der Waals surface area contributed by atoms with Gasteiger partial charge < -0.3 is 15.4 Å². The van der Waals surface area contributed by atoms with Gasteiger partial charge in [0.1, 0.15) is 6.10 Å². The number of amides is 2. The van der Waals surface area contributed by atoms with Crippen LogP contribution in [0.4, 0.5) is 24.5 Å². The van der Waals surface area contributed by atoms with E-state index < -0.39 is 29.7 Å². The molecule has 2 N–H and O–H groups in total. The van der Waals surface area contributed by atoms with E-state index in [2.05, 4.69) is 10.6 Å². The standard InChI is InChI=1S/C21H21F3N2O3S/c1-13-5-2-3-7-18(13)30-12-19(27)26-16-9-8-14(11-15(16)21(22,23)24)25-20(28)17-6-4-10-29-17/h2-3,5,7-9,11,17H,4,6,10,12H2,1H3,(H,25,28)(H,26,27). The Bertz CT molecular complexity index is 928. The molecule has 0 bridgehead atoms. The maximum absolute atomic E-state index is 13.5. The first-order chi connectivity index (χ1) is 14.2. The molecule has 160 valence electrons. The Morgan fingerprint density at radius 1 is 1.17 bits per heavy atom. The molecule has 0 saturated carbocycles. The number of halogens is 3. The first-order valence-electron chi connectivity index (χ1n) is 9.36. The van der Waals surface area contributed by atoms with E-state index in [0.29, 0.717) is 13.0 Å². The smallest absolute Gasteiger partial charge is 0.368 e. The van der Waals surface area contributed by atoms with Crippen molar-refractivity contribution in [3.05, 3.63) is 53.6 Å². The molecule has 0 aliphatic carbocycles. The van der Waals surface area contributed by atoms with Gasteiger partial charge in [-0.3, -0.25) is 9.59 Å². The molecule has 30 heavy (non-hydrogen) atoms. The largest absolute Gasteiger partial charge is 0.418 e. The molecule has 2 aromatic rings. The topological polar surface area (TPSA) is 67.4 Å². The minimum Gasteiger partial charge on any atom is -0.368 e. The monoisotopic (exact) mass is 438 g/mol. The van der Waals surface area contributed by atoms with Crippen LogP contribution >= 0.6 is 11.8 Å². The van der Waals surface area contributed by atoms with E-state index in [1.807, 2.05) is 31.2 Å². The normalized spacial score (nSPS) is 16.3. The second kappa shape index (κ2) is 9.53. The maximum atomic E-state index is 13.5. The number of aryl methyl sites for hydroxylation is 1. The van der Waals surface area contributed by atoms with Crippen molar-refractivity contribution in [2.45, 2.75) is 36.9 Å². The third kappa shape index (κ3) is 5.76. The Hall–Kier alpha value is -2.52. The molecular formula is C21H21F3N2O3S. The Morgan fingerprint density at radius 3 is 2.60 bits per heavy atom. The molecule has 1 fully saturated rings. The van der Waals surface area contributed by atoms with Gasteiger partial charge >= 0.3 is 6.18 Å². The summed E-state index contributed by atoms with van der Waals surface area (Å²) in [4.78, 5) is 25.2. The van der Waals surface area contributed by atoms with Crippen LogP contribution in [0.3, 0.4) is 0 Å². The summed E-state index contributed by atoms with van der Waals surface area (Å²) >= 11 is 1.25. The molecule has 0 radical (unpaired) electrons. The van der Waals surface area contributed by atoms with E-state index in [0.717, 1.165) is 29.0 Å². The van der Waals surface area contributed by atoms with Crippen molar-refractivity contribution in [1.29, 1.82) is 0 Å². The van der Waals surface area contributed by atoms with Crippen LogP contribution in [0.2, 0.25) is 0 Å². The highest BCUT2D eigenvalue weighted by Crippen LogP contribution is 2.37. The van der Waals surface area contributed by atoms with Gasteiger partial charge in [-0.25, -0.2) is 0 Å². The lowest BCUT2D eigenvalue weighted by molar-refractivity contribution is -0.137. The Morgan fingerprint density at radius 2 is 1.93 bits per heavy atom. The summed E-state index contributed by atoms with van der Waals surface area (Å²) < 4.78 is 45.8. The van der Waals surface area contributed by atoms with Crippen molar-refractivity contribution in [2.75, 3.05) is 23.0 Å². The van der Waals surface area contributed by atoms with E-state index in [9.17, 15) is 22.8 Å². The fraction of sp³-hybridized carbons (Fsp3) is 0.333. The highest BCUT2D eigenvalue weighted by Gasteiger charge is 2.34. The average molecular weight is 438 g/mol. The van der Waals surface area contributed by atoms with Crippen LogP contribution in [0.15, 0.2) is 47.4 Å². The van der Waals surface area contributed by atoms with Crippen molar-refractivity contribution >= 4 is 35.0 Å². The van der Waals surface area contributed by atoms with Crippen molar-refractivity contribution in [1.82, 2.24) is 0 Å². The van der Waals surface area contributed by atoms with Crippen LogP contribution in [-0.4, -0.2) is 30.3 Å². The maximum Gasteiger partial charge on any atom is 0.418 e. The number of hydrogen-bond donors (Lipinski definition) is 2. The van der Waals surface area contributed by atoms with Gasteiger partial charge in [-0.2, -0.15) is 13.2 Å². The van der Waals surface area contributed by atoms with Crippen LogP contribution in [0, 0.1) is 6.92 Å². The third-order valence-corrected chi connectivity index (χ3v) is 5.72. The number of carbonyl (C=O) groups is 2. The average Bonchev–Trinajstić information content (AvgIpc) is 3.23. The molecule has 1 saturated heterocycles. The summed E-state index contributed by atoms with van der Waals surface area (Å²) in [6.45, 7) is 2.35. The summed E-state index contributed by atoms with van der Waals surface area (Å²) in [6, 6.07) is 10.7. The quantitative estimate of drug-likeness (QED) is 0.632. The number of benzene rings is 2. The zero-order valence-electron chi connectivity index (χ0n) is 16.2. The van der Waals surface area contributed by atoms with Crippen molar-refractivity contribution in [3.8, 4) is 0 Å². The van der Waals surface area contributed by atoms with E-state index in [-0.39, 0.29) is 17.1 Å². The molecule has 0 aromatic heterocycles. The molecule has 0 spiro atoms. The lowest BCUT2D eigenvalue weighted by Crippen LogP contribution is -2.27. The minimum absolute atomic E-state index is 0.00453. The minimum atomic E-state index is -4.70. The number of ether oxygens (including phenoxy) is 1. The van der Waals surface area contributed by atoms with Crippen molar-refractivity contribution in [3.63, 3.8) is 0 Å². The third-order valence-electron chi connectivity index (χ3n) is 4.54. The van der Waals surface area contributed by atoms with Gasteiger partial charge in [0.15, 0.2) is 0 Å². The molecular weight excluding hydrogens is 417 g/mol. The predicted molar refractivity (Wildman–Crippen MR) is 110 cm³/mol. The Balaban J connectivity index is 1.69. The summed E-state index contributed by atoms with van der Waals surface area (Å²) in [5.74, 6) is -1.06. The van der Waals surface area contributed by atoms with Gasteiger partial charge in [0.05, 0.1) is 17.0 Å². The lowest BCUT2D eigenvalue weighted by atomic mass is 10.1. The number of nitrogens with one attached hydrogen (secondary N) is 2. The van der Waals surface area contributed by atoms with Gasteiger partial charge in [-0.05, 0) is 49.6 Å². The highest BCUT2D eigenvalue weighted by atomic mass is 32.2. The van der Waals surface area contributed by atoms with Crippen LogP contribution in [0.5, 0.6) is 0 Å². The number of carbonyl (C=O) groups excluding carboxylic acids is 2. The molecule has 3 rings (SSSR count). The zero-order chi connectivity index (χ0) is 21.7. The van der Waals surface area contributed by atoms with Gasteiger partial charge in [-0.1, -0.05) is 18.2 Å². The number of rotatable bonds is 6. The number of alkyl halides is 3. The molecule has 1 aliphatic heterocycles. The Labute approximate surface area is 176 Å². The van der Waals surface area contributed by atoms with E-state index in [1.165, 1.54) is 17.8 Å². The van der Waals surface area contributed by atoms with Crippen molar-refractivity contribution in [2.24, 2.45) is 0 Å². The van der Waals surface area contributed by atoms with Crippen molar-refractivity contribution < 1.29 is 27.5 Å². The first-order valence-corrected chi connectivity index (χ1v) is 10.3. The molecule has 9 heteroatoms. The fourth-order valence-corrected chi connectivity index (χ4v) is 3.85. The summed E-state index contributed by atoms with van der Waals surface area (Å²) in [5, 5.41) is 4.77. The van der Waals surface area contributed by atoms with E-state index in [1.54, 1.807) is 0 Å². The van der Waals surface area contributed by atoms with Gasteiger partial charge in [0.25, 0.3) is 5.91 Å². The summed E-state index contributed by atoms with van der Waals surface area (Å²) in [6.07, 6.45) is -4.09. The van der Waals surface area contributed by atoms with Crippen LogP contribution < -0.4 is 10.6 Å². The van der Waals surface area contributed by atoms with Crippen LogP contribution in [-0.2, 0) is 20.5 Å². The molecule has 1 atom stereocenters. The van der Waals surface area contributed by atoms with Gasteiger partial charge in [0, 0.05) is 17.2 Å². The SMILES string of the molecule is Cc1ccccc1SCC(=O)Nc1ccc(NC(=O)C2CCCO2)cc1C(F)(F)F. The van der Waals surface area contributed by atoms with Crippen LogP contribution in [0.25, 0.3) is 0 Å². The zero-order valence-corrected chi connectivity index (χ0v) is 17.0. The van der Waals surface area contributed by atoms with E-state index in [4.69, 9.17) is 4.74 Å². The van der Waals surface area contributed by atoms with Gasteiger partial charge in [0.2, 0.25) is 5.91 Å². The summed E-state index contributed by atoms with van der Waals surface area (Å²) in [7, 11) is 0. The molecule has 1 heterocycles. The molecule has 1 aliphatic rings.